The van der Waals surface area contributed by atoms with E-state index >= 15 is 0 Å². The molecule has 0 unspecified atom stereocenters. The van der Waals surface area contributed by atoms with Crippen molar-refractivity contribution < 1.29 is 23.8 Å². The summed E-state index contributed by atoms with van der Waals surface area (Å²) in [6, 6.07) is 11.8. The number of hydrogen-bond acceptors (Lipinski definition) is 5. The van der Waals surface area contributed by atoms with Gasteiger partial charge in [-0.1, -0.05) is 17.7 Å². The molecule has 0 spiro atoms. The van der Waals surface area contributed by atoms with Crippen molar-refractivity contribution in [2.45, 2.75) is 0 Å². The summed E-state index contributed by atoms with van der Waals surface area (Å²) in [4.78, 5) is 23.1. The summed E-state index contributed by atoms with van der Waals surface area (Å²) in [6.45, 7) is -0.184. The Morgan fingerprint density at radius 1 is 1.08 bits per heavy atom. The minimum absolute atomic E-state index is 0.184. The number of amides is 1. The molecule has 136 valence electrons. The lowest BCUT2D eigenvalue weighted by Crippen LogP contribution is -2.20. The van der Waals surface area contributed by atoms with Crippen LogP contribution in [0.5, 0.6) is 11.5 Å². The second-order valence-corrected chi connectivity index (χ2v) is 5.55. The molecule has 0 atom stereocenters. The number of carbonyl (C=O) groups excluding carboxylic acids is 2. The summed E-state index contributed by atoms with van der Waals surface area (Å²) in [6.07, 6.45) is 2.89. The first-order valence-corrected chi connectivity index (χ1v) is 8.02. The fourth-order valence-corrected chi connectivity index (χ4v) is 2.14. The van der Waals surface area contributed by atoms with Crippen LogP contribution in [0.3, 0.4) is 0 Å². The van der Waals surface area contributed by atoms with Gasteiger partial charge >= 0.3 is 5.97 Å². The van der Waals surface area contributed by atoms with Crippen LogP contribution in [-0.4, -0.2) is 32.7 Å². The van der Waals surface area contributed by atoms with E-state index in [9.17, 15) is 9.59 Å². The monoisotopic (exact) mass is 375 g/mol. The quantitative estimate of drug-likeness (QED) is 0.591. The van der Waals surface area contributed by atoms with Gasteiger partial charge in [-0.05, 0) is 48.0 Å². The molecule has 6 nitrogen and oxygen atoms in total. The van der Waals surface area contributed by atoms with Crippen molar-refractivity contribution >= 4 is 35.2 Å². The Labute approximate surface area is 156 Å². The molecule has 7 heteroatoms. The van der Waals surface area contributed by atoms with E-state index in [-0.39, 0.29) is 12.5 Å². The standard InChI is InChI=1S/C19H18ClNO5/c1-24-17-11-13(4-10-19(23)25-2)3-9-16(17)26-12-18(22)21-15-7-5-14(20)6-8-15/h3-11H,12H2,1-2H3,(H,21,22)/b10-4+. The molecule has 2 aromatic carbocycles. The smallest absolute Gasteiger partial charge is 0.330 e. The Hall–Kier alpha value is -2.99. The van der Waals surface area contributed by atoms with Crippen molar-refractivity contribution in [2.75, 3.05) is 26.1 Å². The average Bonchev–Trinajstić information content (AvgIpc) is 2.66. The highest BCUT2D eigenvalue weighted by atomic mass is 35.5. The summed E-state index contributed by atoms with van der Waals surface area (Å²) in [7, 11) is 2.79. The highest BCUT2D eigenvalue weighted by molar-refractivity contribution is 6.30. The molecule has 0 fully saturated rings. The first-order chi connectivity index (χ1) is 12.5. The summed E-state index contributed by atoms with van der Waals surface area (Å²) >= 11 is 5.80. The van der Waals surface area contributed by atoms with Gasteiger partial charge in [-0.3, -0.25) is 4.79 Å². The second-order valence-electron chi connectivity index (χ2n) is 5.11. The lowest BCUT2D eigenvalue weighted by atomic mass is 10.2. The first-order valence-electron chi connectivity index (χ1n) is 7.64. The van der Waals surface area contributed by atoms with Gasteiger partial charge in [0.1, 0.15) is 0 Å². The van der Waals surface area contributed by atoms with Crippen LogP contribution in [0.15, 0.2) is 48.5 Å². The predicted molar refractivity (Wildman–Crippen MR) is 99.6 cm³/mol. The van der Waals surface area contributed by atoms with Crippen LogP contribution in [0.2, 0.25) is 5.02 Å². The van der Waals surface area contributed by atoms with Gasteiger partial charge in [-0.2, -0.15) is 0 Å². The Kier molecular flexibility index (Phi) is 7.05. The third-order valence-corrected chi connectivity index (χ3v) is 3.54. The van der Waals surface area contributed by atoms with Crippen molar-refractivity contribution in [3.8, 4) is 11.5 Å². The molecule has 0 aliphatic rings. The molecule has 1 amide bonds. The number of methoxy groups -OCH3 is 2. The van der Waals surface area contributed by atoms with Gasteiger partial charge in [0.25, 0.3) is 5.91 Å². The molecule has 0 aromatic heterocycles. The number of benzene rings is 2. The van der Waals surface area contributed by atoms with Crippen molar-refractivity contribution in [1.29, 1.82) is 0 Å². The van der Waals surface area contributed by atoms with E-state index in [2.05, 4.69) is 10.1 Å². The molecule has 2 rings (SSSR count). The molecule has 0 saturated carbocycles. The first kappa shape index (κ1) is 19.3. The third-order valence-electron chi connectivity index (χ3n) is 3.29. The molecule has 1 N–H and O–H groups in total. The molecule has 26 heavy (non-hydrogen) atoms. The molecule has 0 bridgehead atoms. The topological polar surface area (TPSA) is 73.9 Å². The number of halogens is 1. The molecule has 0 radical (unpaired) electrons. The summed E-state index contributed by atoms with van der Waals surface area (Å²) in [5, 5.41) is 3.29. The van der Waals surface area contributed by atoms with Gasteiger partial charge in [0, 0.05) is 16.8 Å². The van der Waals surface area contributed by atoms with E-state index in [0.717, 1.165) is 5.56 Å². The predicted octanol–water partition coefficient (Wildman–Crippen LogP) is 3.55. The number of esters is 1. The average molecular weight is 376 g/mol. The fourth-order valence-electron chi connectivity index (χ4n) is 2.01. The number of rotatable bonds is 7. The van der Waals surface area contributed by atoms with Crippen molar-refractivity contribution in [2.24, 2.45) is 0 Å². The third kappa shape index (κ3) is 5.82. The summed E-state index contributed by atoms with van der Waals surface area (Å²) in [5.74, 6) is 0.0810. The number of carbonyl (C=O) groups is 2. The molecule has 0 aliphatic heterocycles. The van der Waals surface area contributed by atoms with Crippen LogP contribution in [0.1, 0.15) is 5.56 Å². The molecule has 0 aliphatic carbocycles. The van der Waals surface area contributed by atoms with Gasteiger partial charge in [0.05, 0.1) is 14.2 Å². The van der Waals surface area contributed by atoms with E-state index in [1.165, 1.54) is 20.3 Å². The highest BCUT2D eigenvalue weighted by Crippen LogP contribution is 2.28. The van der Waals surface area contributed by atoms with E-state index in [1.807, 2.05) is 0 Å². The second kappa shape index (κ2) is 9.48. The Morgan fingerprint density at radius 2 is 1.81 bits per heavy atom. The van der Waals surface area contributed by atoms with Crippen LogP contribution in [-0.2, 0) is 14.3 Å². The van der Waals surface area contributed by atoms with Crippen LogP contribution in [0.4, 0.5) is 5.69 Å². The molecule has 0 heterocycles. The van der Waals surface area contributed by atoms with Gasteiger partial charge < -0.3 is 19.5 Å². The van der Waals surface area contributed by atoms with Crippen LogP contribution in [0, 0.1) is 0 Å². The zero-order valence-electron chi connectivity index (χ0n) is 14.3. The molecule has 0 saturated heterocycles. The summed E-state index contributed by atoms with van der Waals surface area (Å²) in [5.41, 5.74) is 1.35. The Morgan fingerprint density at radius 3 is 2.46 bits per heavy atom. The number of ether oxygens (including phenoxy) is 3. The zero-order valence-corrected chi connectivity index (χ0v) is 15.1. The fraction of sp³-hybridized carbons (Fsp3) is 0.158. The van der Waals surface area contributed by atoms with Gasteiger partial charge in [0.15, 0.2) is 18.1 Å². The lowest BCUT2D eigenvalue weighted by molar-refractivity contribution is -0.134. The van der Waals surface area contributed by atoms with Crippen molar-refractivity contribution in [1.82, 2.24) is 0 Å². The van der Waals surface area contributed by atoms with E-state index in [1.54, 1.807) is 48.5 Å². The van der Waals surface area contributed by atoms with Crippen LogP contribution >= 0.6 is 11.6 Å². The van der Waals surface area contributed by atoms with Gasteiger partial charge in [-0.15, -0.1) is 0 Å². The lowest BCUT2D eigenvalue weighted by Gasteiger charge is -2.11. The van der Waals surface area contributed by atoms with Crippen molar-refractivity contribution in [3.05, 3.63) is 59.1 Å². The van der Waals surface area contributed by atoms with Gasteiger partial charge in [0.2, 0.25) is 0 Å². The van der Waals surface area contributed by atoms with E-state index < -0.39 is 5.97 Å². The number of hydrogen-bond donors (Lipinski definition) is 1. The SMILES string of the molecule is COC(=O)/C=C/c1ccc(OCC(=O)Nc2ccc(Cl)cc2)c(OC)c1. The highest BCUT2D eigenvalue weighted by Gasteiger charge is 2.09. The minimum Gasteiger partial charge on any atom is -0.493 e. The maximum absolute atomic E-state index is 12.0. The maximum Gasteiger partial charge on any atom is 0.330 e. The zero-order chi connectivity index (χ0) is 18.9. The maximum atomic E-state index is 12.0. The number of anilines is 1. The number of nitrogens with one attached hydrogen (secondary N) is 1. The molecular weight excluding hydrogens is 358 g/mol. The molecular formula is C19H18ClNO5. The van der Waals surface area contributed by atoms with E-state index in [0.29, 0.717) is 22.2 Å². The van der Waals surface area contributed by atoms with Crippen LogP contribution in [0.25, 0.3) is 6.08 Å². The molecule has 2 aromatic rings. The van der Waals surface area contributed by atoms with Crippen LogP contribution < -0.4 is 14.8 Å². The Bertz CT molecular complexity index is 802. The normalized spacial score (nSPS) is 10.4. The van der Waals surface area contributed by atoms with E-state index in [4.69, 9.17) is 21.1 Å². The Balaban J connectivity index is 1.97. The largest absolute Gasteiger partial charge is 0.493 e. The van der Waals surface area contributed by atoms with Gasteiger partial charge in [-0.25, -0.2) is 4.79 Å². The van der Waals surface area contributed by atoms with Crippen molar-refractivity contribution in [3.63, 3.8) is 0 Å². The minimum atomic E-state index is -0.455. The summed E-state index contributed by atoms with van der Waals surface area (Å²) < 4.78 is 15.3.